The zero-order valence-corrected chi connectivity index (χ0v) is 9.64. The fourth-order valence-corrected chi connectivity index (χ4v) is 2.03. The van der Waals surface area contributed by atoms with Crippen molar-refractivity contribution in [3.05, 3.63) is 21.3 Å². The number of hydrogen-bond donors (Lipinski definition) is 2. The molecule has 1 aromatic heterocycles. The Morgan fingerprint density at radius 3 is 2.71 bits per heavy atom. The third kappa shape index (κ3) is 2.60. The van der Waals surface area contributed by atoms with Crippen molar-refractivity contribution in [1.29, 1.82) is 0 Å². The van der Waals surface area contributed by atoms with Gasteiger partial charge in [0.2, 0.25) is 0 Å². The minimum Gasteiger partial charge on any atom is -0.346 e. The topological polar surface area (TPSA) is 41.1 Å². The smallest absolute Gasteiger partial charge is 0.261 e. The summed E-state index contributed by atoms with van der Waals surface area (Å²) in [6.45, 7) is 1.73. The predicted molar refractivity (Wildman–Crippen MR) is 60.7 cm³/mol. The van der Waals surface area contributed by atoms with Crippen LogP contribution in [0.4, 0.5) is 0 Å². The van der Waals surface area contributed by atoms with Crippen LogP contribution in [0.1, 0.15) is 9.67 Å². The molecule has 1 aliphatic heterocycles. The Morgan fingerprint density at radius 2 is 2.29 bits per heavy atom. The molecule has 2 rings (SSSR count). The van der Waals surface area contributed by atoms with Crippen LogP contribution in [0, 0.1) is 0 Å². The molecule has 2 N–H and O–H groups in total. The lowest BCUT2D eigenvalue weighted by molar-refractivity contribution is 0.0928. The molecular weight excluding hydrogens is 243 g/mol. The number of thiophene rings is 1. The number of carbonyl (C=O) groups is 1. The monoisotopic (exact) mass is 252 g/mol. The van der Waals surface area contributed by atoms with Crippen LogP contribution in [0.2, 0.25) is 4.34 Å². The molecule has 0 unspecified atom stereocenters. The molecule has 0 radical (unpaired) electrons. The lowest BCUT2D eigenvalue weighted by atomic mass is 10.2. The Hall–Kier alpha value is -0.290. The van der Waals surface area contributed by atoms with Gasteiger partial charge in [-0.15, -0.1) is 23.7 Å². The van der Waals surface area contributed by atoms with E-state index in [-0.39, 0.29) is 24.4 Å². The van der Waals surface area contributed by atoms with Crippen LogP contribution in [-0.4, -0.2) is 25.0 Å². The highest BCUT2D eigenvalue weighted by Gasteiger charge is 2.19. The second-order valence-corrected chi connectivity index (χ2v) is 4.65. The van der Waals surface area contributed by atoms with Crippen molar-refractivity contribution in [2.75, 3.05) is 13.1 Å². The molecule has 78 valence electrons. The van der Waals surface area contributed by atoms with Gasteiger partial charge in [-0.1, -0.05) is 11.6 Å². The van der Waals surface area contributed by atoms with Crippen LogP contribution in [-0.2, 0) is 0 Å². The number of carbonyl (C=O) groups excluding carboxylic acids is 1. The van der Waals surface area contributed by atoms with Crippen LogP contribution >= 0.6 is 35.3 Å². The first kappa shape index (κ1) is 11.8. The maximum atomic E-state index is 11.5. The van der Waals surface area contributed by atoms with E-state index in [9.17, 15) is 4.79 Å². The molecule has 0 aromatic carbocycles. The van der Waals surface area contributed by atoms with E-state index in [1.54, 1.807) is 12.1 Å². The number of rotatable bonds is 2. The van der Waals surface area contributed by atoms with Crippen LogP contribution < -0.4 is 10.6 Å². The van der Waals surface area contributed by atoms with E-state index >= 15 is 0 Å². The first-order chi connectivity index (χ1) is 6.25. The Labute approximate surface area is 97.2 Å². The van der Waals surface area contributed by atoms with Gasteiger partial charge in [-0.05, 0) is 12.1 Å². The second-order valence-electron chi connectivity index (χ2n) is 2.93. The van der Waals surface area contributed by atoms with Crippen molar-refractivity contribution in [3.63, 3.8) is 0 Å². The van der Waals surface area contributed by atoms with Crippen LogP contribution in [0.5, 0.6) is 0 Å². The lowest BCUT2D eigenvalue weighted by Gasteiger charge is -2.27. The quantitative estimate of drug-likeness (QED) is 0.839. The molecule has 2 heterocycles. The minimum absolute atomic E-state index is 0. The van der Waals surface area contributed by atoms with Crippen molar-refractivity contribution in [2.24, 2.45) is 0 Å². The van der Waals surface area contributed by atoms with Gasteiger partial charge < -0.3 is 10.6 Å². The Kier molecular flexibility index (Phi) is 4.19. The lowest BCUT2D eigenvalue weighted by Crippen LogP contribution is -2.56. The Bertz CT molecular complexity index is 325. The maximum Gasteiger partial charge on any atom is 0.261 e. The van der Waals surface area contributed by atoms with Gasteiger partial charge in [0.15, 0.2) is 0 Å². The molecule has 6 heteroatoms. The Morgan fingerprint density at radius 1 is 1.57 bits per heavy atom. The molecule has 0 atom stereocenters. The van der Waals surface area contributed by atoms with Gasteiger partial charge >= 0.3 is 0 Å². The summed E-state index contributed by atoms with van der Waals surface area (Å²) in [5, 5.41) is 5.98. The first-order valence-corrected chi connectivity index (χ1v) is 5.22. The molecule has 0 spiro atoms. The van der Waals surface area contributed by atoms with E-state index in [2.05, 4.69) is 10.6 Å². The molecule has 0 aliphatic carbocycles. The molecule has 0 bridgehead atoms. The molecule has 1 fully saturated rings. The highest BCUT2D eigenvalue weighted by atomic mass is 35.5. The summed E-state index contributed by atoms with van der Waals surface area (Å²) in [7, 11) is 0. The van der Waals surface area contributed by atoms with E-state index in [1.807, 2.05) is 0 Å². The molecule has 1 aliphatic rings. The van der Waals surface area contributed by atoms with Gasteiger partial charge in [-0.3, -0.25) is 4.79 Å². The largest absolute Gasteiger partial charge is 0.346 e. The SMILES string of the molecule is Cl.O=C(NC1CNC1)c1ccc(Cl)s1. The Balaban J connectivity index is 0.000000980. The third-order valence-electron chi connectivity index (χ3n) is 1.91. The van der Waals surface area contributed by atoms with Crippen molar-refractivity contribution in [2.45, 2.75) is 6.04 Å². The molecule has 1 aromatic rings. The molecule has 1 amide bonds. The number of nitrogens with one attached hydrogen (secondary N) is 2. The maximum absolute atomic E-state index is 11.5. The first-order valence-electron chi connectivity index (χ1n) is 4.02. The van der Waals surface area contributed by atoms with E-state index in [0.29, 0.717) is 9.21 Å². The fourth-order valence-electron chi connectivity index (χ4n) is 1.08. The van der Waals surface area contributed by atoms with Crippen LogP contribution in [0.15, 0.2) is 12.1 Å². The van der Waals surface area contributed by atoms with Gasteiger partial charge in [0, 0.05) is 13.1 Å². The fraction of sp³-hybridized carbons (Fsp3) is 0.375. The standard InChI is InChI=1S/C8H9ClN2OS.ClH/c9-7-2-1-6(13-7)8(12)11-5-3-10-4-5;/h1-2,5,10H,3-4H2,(H,11,12);1H. The highest BCUT2D eigenvalue weighted by Crippen LogP contribution is 2.21. The van der Waals surface area contributed by atoms with E-state index in [4.69, 9.17) is 11.6 Å². The van der Waals surface area contributed by atoms with Gasteiger partial charge in [-0.2, -0.15) is 0 Å². The summed E-state index contributed by atoms with van der Waals surface area (Å²) in [4.78, 5) is 12.2. The molecule has 14 heavy (non-hydrogen) atoms. The van der Waals surface area contributed by atoms with E-state index < -0.39 is 0 Å². The summed E-state index contributed by atoms with van der Waals surface area (Å²) in [5.74, 6) is -0.0246. The number of amides is 1. The summed E-state index contributed by atoms with van der Waals surface area (Å²) in [6, 6.07) is 3.77. The van der Waals surface area contributed by atoms with Crippen molar-refractivity contribution < 1.29 is 4.79 Å². The van der Waals surface area contributed by atoms with E-state index in [0.717, 1.165) is 13.1 Å². The number of hydrogen-bond acceptors (Lipinski definition) is 3. The summed E-state index contributed by atoms with van der Waals surface area (Å²) >= 11 is 7.02. The average molecular weight is 253 g/mol. The van der Waals surface area contributed by atoms with Gasteiger partial charge in [0.1, 0.15) is 0 Å². The zero-order valence-electron chi connectivity index (χ0n) is 7.25. The minimum atomic E-state index is -0.0246. The van der Waals surface area contributed by atoms with Gasteiger partial charge in [0.05, 0.1) is 15.3 Å². The van der Waals surface area contributed by atoms with Crippen molar-refractivity contribution in [3.8, 4) is 0 Å². The summed E-state index contributed by atoms with van der Waals surface area (Å²) in [6.07, 6.45) is 0. The van der Waals surface area contributed by atoms with Gasteiger partial charge in [-0.25, -0.2) is 0 Å². The molecule has 3 nitrogen and oxygen atoms in total. The summed E-state index contributed by atoms with van der Waals surface area (Å²) < 4.78 is 0.650. The van der Waals surface area contributed by atoms with Crippen LogP contribution in [0.3, 0.4) is 0 Å². The number of halogens is 2. The highest BCUT2D eigenvalue weighted by molar-refractivity contribution is 7.17. The van der Waals surface area contributed by atoms with Crippen LogP contribution in [0.25, 0.3) is 0 Å². The average Bonchev–Trinajstić information content (AvgIpc) is 2.44. The normalized spacial score (nSPS) is 15.5. The third-order valence-corrected chi connectivity index (χ3v) is 3.14. The van der Waals surface area contributed by atoms with Crippen molar-refractivity contribution >= 4 is 41.3 Å². The molecular formula is C8H10Cl2N2OS. The molecule has 1 saturated heterocycles. The zero-order chi connectivity index (χ0) is 9.26. The molecule has 0 saturated carbocycles. The van der Waals surface area contributed by atoms with Crippen molar-refractivity contribution in [1.82, 2.24) is 10.6 Å². The summed E-state index contributed by atoms with van der Waals surface area (Å²) in [5.41, 5.74) is 0. The second kappa shape index (κ2) is 4.98. The van der Waals surface area contributed by atoms with E-state index in [1.165, 1.54) is 11.3 Å². The van der Waals surface area contributed by atoms with Gasteiger partial charge in [0.25, 0.3) is 5.91 Å². The predicted octanol–water partition coefficient (Wildman–Crippen LogP) is 1.52.